The highest BCUT2D eigenvalue weighted by atomic mass is 32.1. The number of unbranched alkanes of at least 4 members (excludes halogenated alkanes) is 2. The van der Waals surface area contributed by atoms with Crippen LogP contribution in [0.3, 0.4) is 0 Å². The number of amides is 3. The molecule has 2 aromatic carbocycles. The van der Waals surface area contributed by atoms with Crippen LogP contribution in [-0.2, 0) is 36.8 Å². The van der Waals surface area contributed by atoms with Gasteiger partial charge in [-0.15, -0.1) is 11.3 Å². The number of carbonyl (C=O) groups excluding carboxylic acids is 3. The summed E-state index contributed by atoms with van der Waals surface area (Å²) < 4.78 is 74.1. The fourth-order valence-corrected chi connectivity index (χ4v) is 9.82. The Bertz CT molecular complexity index is 2550. The molecule has 372 valence electrons. The van der Waals surface area contributed by atoms with Crippen molar-refractivity contribution in [2.75, 3.05) is 46.1 Å². The number of aromatic nitrogens is 3. The number of rotatable bonds is 20. The van der Waals surface area contributed by atoms with Gasteiger partial charge in [-0.2, -0.15) is 13.2 Å². The van der Waals surface area contributed by atoms with Crippen LogP contribution in [0.5, 0.6) is 5.75 Å². The predicted molar refractivity (Wildman–Crippen MR) is 253 cm³/mol. The third-order valence-electron chi connectivity index (χ3n) is 12.5. The smallest absolute Gasteiger partial charge is 0.401 e. The summed E-state index contributed by atoms with van der Waals surface area (Å²) in [5.41, 5.74) is 5.96. The summed E-state index contributed by atoms with van der Waals surface area (Å²) in [4.78, 5) is 55.9. The Morgan fingerprint density at radius 3 is 2.43 bits per heavy atom. The standard InChI is InChI=1S/C50H61F4N7O7S/c1-30-21-37-36-11-7-8-12-39(36)58-42(37)44(61(30)28-50(52,53)54)43-38(51)23-35(25-55-43)68-18-10-6-9-17-66-19-20-67-27-41(63)59-46(49(3,4)5)48(65)60-26-34(62)22-40(60)47(64)56-24-32-13-15-33(16-14-32)45-31(2)57-29-69-45/h7-8,11-16,23,25,29-30,34,40,44,46,58,62H,6,9-10,17-22,24,26-28H2,1-5H3,(H,56,64)(H,59,63)/t30-,34-,40+,44+,46-/m1/s1. The lowest BCUT2D eigenvalue weighted by atomic mass is 9.85. The number of nitrogens with one attached hydrogen (secondary N) is 3. The van der Waals surface area contributed by atoms with Crippen LogP contribution in [-0.4, -0.2) is 124 Å². The zero-order valence-electron chi connectivity index (χ0n) is 39.5. The average Bonchev–Trinajstić information content (AvgIpc) is 4.02. The zero-order chi connectivity index (χ0) is 49.5. The molecule has 0 aliphatic carbocycles. The Balaban J connectivity index is 0.797. The van der Waals surface area contributed by atoms with Crippen molar-refractivity contribution in [3.8, 4) is 16.2 Å². The largest absolute Gasteiger partial charge is 0.492 e. The molecule has 1 saturated heterocycles. The molecule has 0 spiro atoms. The second kappa shape index (κ2) is 22.5. The number of fused-ring (bicyclic) bond motifs is 3. The number of para-hydroxylation sites is 1. The minimum atomic E-state index is -4.50. The third-order valence-corrected chi connectivity index (χ3v) is 13.5. The van der Waals surface area contributed by atoms with E-state index in [4.69, 9.17) is 14.2 Å². The molecular formula is C50H61F4N7O7S. The van der Waals surface area contributed by atoms with E-state index in [2.05, 4.69) is 25.6 Å². The number of pyridine rings is 1. The predicted octanol–water partition coefficient (Wildman–Crippen LogP) is 7.42. The molecule has 5 heterocycles. The summed E-state index contributed by atoms with van der Waals surface area (Å²) >= 11 is 1.56. The number of hydrogen-bond acceptors (Lipinski definition) is 11. The van der Waals surface area contributed by atoms with E-state index in [0.29, 0.717) is 31.6 Å². The number of aryl methyl sites for hydroxylation is 1. The van der Waals surface area contributed by atoms with Gasteiger partial charge in [0.25, 0.3) is 0 Å². The van der Waals surface area contributed by atoms with Crippen LogP contribution in [0.1, 0.15) is 87.6 Å². The number of nitrogens with zero attached hydrogens (tertiary/aromatic N) is 4. The van der Waals surface area contributed by atoms with Crippen LogP contribution >= 0.6 is 11.3 Å². The lowest BCUT2D eigenvalue weighted by Gasteiger charge is -2.40. The van der Waals surface area contributed by atoms with E-state index in [-0.39, 0.29) is 57.4 Å². The first-order chi connectivity index (χ1) is 32.9. The molecule has 0 saturated carbocycles. The first-order valence-electron chi connectivity index (χ1n) is 23.3. The quantitative estimate of drug-likeness (QED) is 0.0455. The van der Waals surface area contributed by atoms with Gasteiger partial charge in [0.05, 0.1) is 66.5 Å². The van der Waals surface area contributed by atoms with Gasteiger partial charge in [0.1, 0.15) is 30.3 Å². The maximum Gasteiger partial charge on any atom is 0.401 e. The molecule has 0 unspecified atom stereocenters. The number of halogens is 4. The van der Waals surface area contributed by atoms with Crippen molar-refractivity contribution >= 4 is 40.0 Å². The fourth-order valence-electron chi connectivity index (χ4n) is 9.01. The number of aliphatic hydroxyl groups excluding tert-OH is 1. The number of ether oxygens (including phenoxy) is 3. The van der Waals surface area contributed by atoms with Gasteiger partial charge in [0.2, 0.25) is 17.7 Å². The molecule has 1 fully saturated rings. The number of H-pyrrole nitrogens is 1. The molecule has 0 radical (unpaired) electrons. The lowest BCUT2D eigenvalue weighted by molar-refractivity contribution is -0.155. The molecule has 14 nitrogen and oxygen atoms in total. The van der Waals surface area contributed by atoms with Gasteiger partial charge in [0.15, 0.2) is 0 Å². The van der Waals surface area contributed by atoms with Crippen LogP contribution in [0.25, 0.3) is 21.3 Å². The zero-order valence-corrected chi connectivity index (χ0v) is 40.4. The number of thiazole rings is 1. The van der Waals surface area contributed by atoms with E-state index < -0.39 is 71.9 Å². The maximum atomic E-state index is 15.8. The SMILES string of the molecule is Cc1ncsc1-c1ccc(CNC(=O)[C@@H]2C[C@@H](O)CN2C(=O)[C@@H](NC(=O)COCCOCCCCCOc2cnc([C@@H]3c4[nH]c5ccccc5c4C[C@@H](C)N3CC(F)(F)F)c(F)c2)C(C)(C)C)cc1. The van der Waals surface area contributed by atoms with E-state index in [1.54, 1.807) is 23.8 Å². The summed E-state index contributed by atoms with van der Waals surface area (Å²) in [6.07, 6.45) is -1.55. The number of aromatic amines is 1. The van der Waals surface area contributed by atoms with Crippen LogP contribution in [0.4, 0.5) is 17.6 Å². The van der Waals surface area contributed by atoms with Gasteiger partial charge in [0, 0.05) is 54.8 Å². The maximum absolute atomic E-state index is 15.8. The summed E-state index contributed by atoms with van der Waals surface area (Å²) in [5, 5.41) is 17.1. The minimum absolute atomic E-state index is 0.0409. The number of alkyl halides is 3. The monoisotopic (exact) mass is 979 g/mol. The van der Waals surface area contributed by atoms with Crippen LogP contribution in [0.15, 0.2) is 66.3 Å². The van der Waals surface area contributed by atoms with Crippen LogP contribution in [0, 0.1) is 18.2 Å². The van der Waals surface area contributed by atoms with Gasteiger partial charge in [-0.3, -0.25) is 24.3 Å². The van der Waals surface area contributed by atoms with E-state index in [1.165, 1.54) is 22.1 Å². The highest BCUT2D eigenvalue weighted by Gasteiger charge is 2.45. The van der Waals surface area contributed by atoms with Gasteiger partial charge < -0.3 is 39.8 Å². The second-order valence-corrected chi connectivity index (χ2v) is 19.7. The van der Waals surface area contributed by atoms with E-state index in [9.17, 15) is 32.7 Å². The van der Waals surface area contributed by atoms with Crippen molar-refractivity contribution in [1.29, 1.82) is 0 Å². The molecule has 2 aliphatic heterocycles. The Kier molecular flexibility index (Phi) is 16.8. The molecule has 3 aromatic heterocycles. The molecule has 0 bridgehead atoms. The summed E-state index contributed by atoms with van der Waals surface area (Å²) in [6.45, 7) is 8.78. The third kappa shape index (κ3) is 13.0. The van der Waals surface area contributed by atoms with Crippen molar-refractivity contribution in [2.45, 2.75) is 110 Å². The van der Waals surface area contributed by atoms with Gasteiger partial charge in [-0.1, -0.05) is 63.2 Å². The number of benzene rings is 2. The molecule has 3 amide bonds. The first kappa shape index (κ1) is 51.4. The minimum Gasteiger partial charge on any atom is -0.492 e. The molecule has 69 heavy (non-hydrogen) atoms. The highest BCUT2D eigenvalue weighted by molar-refractivity contribution is 7.13. The van der Waals surface area contributed by atoms with E-state index in [1.807, 2.05) is 76.2 Å². The van der Waals surface area contributed by atoms with Crippen LogP contribution < -0.4 is 15.4 Å². The number of likely N-dealkylation sites (tertiary alicyclic amines) is 1. The number of aliphatic hydroxyl groups is 1. The first-order valence-corrected chi connectivity index (χ1v) is 24.2. The number of β-amino-alcohol motifs (C(OH)–C–C–N with tert-alkyl or cyclic N) is 1. The van der Waals surface area contributed by atoms with Crippen molar-refractivity contribution in [2.24, 2.45) is 5.41 Å². The van der Waals surface area contributed by atoms with Crippen molar-refractivity contribution in [1.82, 2.24) is 35.4 Å². The Morgan fingerprint density at radius 2 is 1.72 bits per heavy atom. The normalized spacial score (nSPS) is 19.1. The molecule has 2 aliphatic rings. The molecule has 5 aromatic rings. The topological polar surface area (TPSA) is 171 Å². The molecule has 7 rings (SSSR count). The van der Waals surface area contributed by atoms with Gasteiger partial charge in [-0.05, 0) is 67.7 Å². The van der Waals surface area contributed by atoms with Crippen molar-refractivity contribution < 1.29 is 51.3 Å². The van der Waals surface area contributed by atoms with Gasteiger partial charge >= 0.3 is 6.18 Å². The molecule has 4 N–H and O–H groups in total. The molecular weight excluding hydrogens is 919 g/mol. The Labute approximate surface area is 403 Å². The Morgan fingerprint density at radius 1 is 0.986 bits per heavy atom. The van der Waals surface area contributed by atoms with Gasteiger partial charge in [-0.25, -0.2) is 9.37 Å². The van der Waals surface area contributed by atoms with Crippen LogP contribution in [0.2, 0.25) is 0 Å². The molecule has 5 atom stereocenters. The fraction of sp³-hybridized carbons (Fsp3) is 0.500. The molecule has 19 heteroatoms. The number of hydrogen-bond donors (Lipinski definition) is 4. The average molecular weight is 980 g/mol. The number of carbonyl (C=O) groups is 3. The second-order valence-electron chi connectivity index (χ2n) is 18.9. The van der Waals surface area contributed by atoms with E-state index >= 15 is 4.39 Å². The summed E-state index contributed by atoms with van der Waals surface area (Å²) in [5.74, 6) is -1.96. The van der Waals surface area contributed by atoms with E-state index in [0.717, 1.165) is 44.6 Å². The summed E-state index contributed by atoms with van der Waals surface area (Å²) in [7, 11) is 0. The lowest BCUT2D eigenvalue weighted by Crippen LogP contribution is -2.58. The Hall–Kier alpha value is -5.47. The van der Waals surface area contributed by atoms with Crippen molar-refractivity contribution in [3.63, 3.8) is 0 Å². The van der Waals surface area contributed by atoms with Crippen molar-refractivity contribution in [3.05, 3.63) is 100 Å². The highest BCUT2D eigenvalue weighted by Crippen LogP contribution is 2.42. The summed E-state index contributed by atoms with van der Waals surface area (Å²) in [6, 6.07) is 12.9.